The molecule has 1 aromatic carbocycles. The summed E-state index contributed by atoms with van der Waals surface area (Å²) in [5.41, 5.74) is 6.75. The fourth-order valence-electron chi connectivity index (χ4n) is 3.20. The van der Waals surface area contributed by atoms with E-state index in [0.29, 0.717) is 53.9 Å². The monoisotopic (exact) mass is 425 g/mol. The van der Waals surface area contributed by atoms with Crippen LogP contribution in [-0.4, -0.2) is 67.8 Å². The Morgan fingerprint density at radius 3 is 2.69 bits per heavy atom. The average molecular weight is 426 g/mol. The van der Waals surface area contributed by atoms with Gasteiger partial charge in [-0.1, -0.05) is 0 Å². The van der Waals surface area contributed by atoms with E-state index in [0.717, 1.165) is 19.3 Å². The zero-order chi connectivity index (χ0) is 20.1. The first kappa shape index (κ1) is 22.8. The fourth-order valence-corrected chi connectivity index (χ4v) is 3.20. The molecule has 1 fully saturated rings. The minimum Gasteiger partial charge on any atom is -0.493 e. The second-order valence-electron chi connectivity index (χ2n) is 6.70. The molecule has 3 N–H and O–H groups in total. The highest BCUT2D eigenvalue weighted by molar-refractivity contribution is 5.91. The molecule has 0 aliphatic carbocycles. The molecule has 1 aromatic heterocycles. The molecule has 2 aromatic rings. The molecule has 3 rings (SSSR count). The lowest BCUT2D eigenvalue weighted by Gasteiger charge is -2.20. The van der Waals surface area contributed by atoms with Crippen molar-refractivity contribution in [3.8, 4) is 11.5 Å². The van der Waals surface area contributed by atoms with Gasteiger partial charge in [0.15, 0.2) is 11.5 Å². The number of carbonyl (C=O) groups excluding carboxylic acids is 1. The van der Waals surface area contributed by atoms with Crippen molar-refractivity contribution in [3.05, 3.63) is 12.1 Å². The van der Waals surface area contributed by atoms with Crippen LogP contribution in [0.5, 0.6) is 11.5 Å². The molecule has 1 aliphatic heterocycles. The number of hydrogen-bond donors (Lipinski definition) is 2. The van der Waals surface area contributed by atoms with Gasteiger partial charge in [-0.15, -0.1) is 12.4 Å². The number of nitrogen functional groups attached to an aromatic ring is 1. The van der Waals surface area contributed by atoms with Crippen LogP contribution in [0.15, 0.2) is 12.1 Å². The number of nitrogens with two attached hydrogens (primary N) is 1. The molecular weight excluding hydrogens is 398 g/mol. The van der Waals surface area contributed by atoms with Gasteiger partial charge in [0, 0.05) is 38.2 Å². The van der Waals surface area contributed by atoms with Gasteiger partial charge in [-0.25, -0.2) is 4.98 Å². The minimum absolute atomic E-state index is 0. The van der Waals surface area contributed by atoms with Crippen molar-refractivity contribution in [1.29, 1.82) is 0 Å². The van der Waals surface area contributed by atoms with E-state index in [9.17, 15) is 4.79 Å². The van der Waals surface area contributed by atoms with Crippen molar-refractivity contribution < 1.29 is 19.0 Å². The number of benzene rings is 1. The van der Waals surface area contributed by atoms with Crippen molar-refractivity contribution >= 4 is 41.0 Å². The zero-order valence-corrected chi connectivity index (χ0v) is 17.8. The lowest BCUT2D eigenvalue weighted by atomic mass is 10.2. The number of nitrogens with zero attached hydrogens (tertiary/aromatic N) is 3. The van der Waals surface area contributed by atoms with E-state index in [1.807, 2.05) is 0 Å². The second kappa shape index (κ2) is 10.3. The SMILES string of the molecule is COc1cc2nc(NCCCN(C)C(=O)C3CCCO3)nc(N)c2cc1OC.Cl. The molecule has 1 amide bonds. The normalized spacial score (nSPS) is 15.6. The maximum Gasteiger partial charge on any atom is 0.251 e. The third-order valence-electron chi connectivity index (χ3n) is 4.77. The van der Waals surface area contributed by atoms with Crippen LogP contribution in [0.25, 0.3) is 10.9 Å². The molecule has 29 heavy (non-hydrogen) atoms. The Bertz CT molecular complexity index is 845. The van der Waals surface area contributed by atoms with Gasteiger partial charge in [-0.05, 0) is 25.3 Å². The molecule has 0 saturated carbocycles. The molecule has 9 nitrogen and oxygen atoms in total. The Morgan fingerprint density at radius 2 is 2.03 bits per heavy atom. The summed E-state index contributed by atoms with van der Waals surface area (Å²) in [6, 6.07) is 3.53. The van der Waals surface area contributed by atoms with E-state index in [-0.39, 0.29) is 24.4 Å². The number of carbonyl (C=O) groups is 1. The first-order valence-electron chi connectivity index (χ1n) is 9.33. The highest BCUT2D eigenvalue weighted by atomic mass is 35.5. The Labute approximate surface area is 176 Å². The van der Waals surface area contributed by atoms with E-state index in [1.54, 1.807) is 38.3 Å². The number of halogens is 1. The van der Waals surface area contributed by atoms with Crippen molar-refractivity contribution in [1.82, 2.24) is 14.9 Å². The van der Waals surface area contributed by atoms with Crippen LogP contribution in [0.3, 0.4) is 0 Å². The summed E-state index contributed by atoms with van der Waals surface area (Å²) in [7, 11) is 4.94. The van der Waals surface area contributed by atoms with Crippen LogP contribution in [-0.2, 0) is 9.53 Å². The van der Waals surface area contributed by atoms with Gasteiger partial charge < -0.3 is 30.2 Å². The van der Waals surface area contributed by atoms with Crippen molar-refractivity contribution in [2.24, 2.45) is 0 Å². The first-order valence-corrected chi connectivity index (χ1v) is 9.33. The number of methoxy groups -OCH3 is 2. The fraction of sp³-hybridized carbons (Fsp3) is 0.526. The lowest BCUT2D eigenvalue weighted by molar-refractivity contribution is -0.139. The number of amides is 1. The highest BCUT2D eigenvalue weighted by Gasteiger charge is 2.26. The summed E-state index contributed by atoms with van der Waals surface area (Å²) in [4.78, 5) is 22.7. The molecule has 0 spiro atoms. The number of hydrogen-bond acceptors (Lipinski definition) is 8. The predicted octanol–water partition coefficient (Wildman–Crippen LogP) is 2.09. The van der Waals surface area contributed by atoms with Gasteiger partial charge in [0.2, 0.25) is 5.95 Å². The van der Waals surface area contributed by atoms with Gasteiger partial charge >= 0.3 is 0 Å². The smallest absolute Gasteiger partial charge is 0.251 e. The first-order chi connectivity index (χ1) is 13.5. The van der Waals surface area contributed by atoms with Gasteiger partial charge in [0.1, 0.15) is 11.9 Å². The van der Waals surface area contributed by atoms with E-state index in [4.69, 9.17) is 19.9 Å². The summed E-state index contributed by atoms with van der Waals surface area (Å²) in [5.74, 6) is 1.99. The summed E-state index contributed by atoms with van der Waals surface area (Å²) < 4.78 is 16.1. The average Bonchev–Trinajstić information content (AvgIpc) is 3.24. The molecule has 1 atom stereocenters. The number of rotatable bonds is 8. The van der Waals surface area contributed by atoms with Crippen LogP contribution in [0, 0.1) is 0 Å². The van der Waals surface area contributed by atoms with E-state index in [1.165, 1.54) is 0 Å². The second-order valence-corrected chi connectivity index (χ2v) is 6.70. The van der Waals surface area contributed by atoms with Crippen LogP contribution in [0.1, 0.15) is 19.3 Å². The summed E-state index contributed by atoms with van der Waals surface area (Å²) in [6.07, 6.45) is 2.22. The molecule has 0 bridgehead atoms. The van der Waals surface area contributed by atoms with Gasteiger partial charge in [0.05, 0.1) is 19.7 Å². The van der Waals surface area contributed by atoms with E-state index < -0.39 is 0 Å². The molecule has 1 aliphatic rings. The third-order valence-corrected chi connectivity index (χ3v) is 4.77. The number of aromatic nitrogens is 2. The van der Waals surface area contributed by atoms with Crippen LogP contribution >= 0.6 is 12.4 Å². The quantitative estimate of drug-likeness (QED) is 0.618. The molecule has 1 unspecified atom stereocenters. The minimum atomic E-state index is -0.284. The van der Waals surface area contributed by atoms with Gasteiger partial charge in [-0.3, -0.25) is 4.79 Å². The highest BCUT2D eigenvalue weighted by Crippen LogP contribution is 2.33. The van der Waals surface area contributed by atoms with Crippen molar-refractivity contribution in [2.75, 3.05) is 52.0 Å². The van der Waals surface area contributed by atoms with Crippen LogP contribution in [0.4, 0.5) is 11.8 Å². The molecule has 160 valence electrons. The molecular formula is C19H28ClN5O4. The van der Waals surface area contributed by atoms with Crippen LogP contribution in [0.2, 0.25) is 0 Å². The molecule has 10 heteroatoms. The number of nitrogens with one attached hydrogen (secondary N) is 1. The maximum atomic E-state index is 12.2. The van der Waals surface area contributed by atoms with E-state index in [2.05, 4.69) is 15.3 Å². The molecule has 2 heterocycles. The predicted molar refractivity (Wildman–Crippen MR) is 114 cm³/mol. The summed E-state index contributed by atoms with van der Waals surface area (Å²) in [6.45, 7) is 1.91. The topological polar surface area (TPSA) is 112 Å². The van der Waals surface area contributed by atoms with Gasteiger partial charge in [-0.2, -0.15) is 4.98 Å². The standard InChI is InChI=1S/C19H27N5O4.ClH/c1-24(18(25)14-6-4-9-28-14)8-5-7-21-19-22-13-11-16(27-3)15(26-2)10-12(13)17(20)23-19;/h10-11,14H,4-9H2,1-3H3,(H3,20,21,22,23);1H. The third kappa shape index (κ3) is 5.30. The number of likely N-dealkylation sites (N-methyl/N-ethyl adjacent to an activating group) is 1. The van der Waals surface area contributed by atoms with Crippen molar-refractivity contribution in [2.45, 2.75) is 25.4 Å². The molecule has 0 radical (unpaired) electrons. The Kier molecular flexibility index (Phi) is 8.10. The summed E-state index contributed by atoms with van der Waals surface area (Å²) in [5, 5.41) is 3.86. The number of ether oxygens (including phenoxy) is 3. The van der Waals surface area contributed by atoms with Gasteiger partial charge in [0.25, 0.3) is 5.91 Å². The van der Waals surface area contributed by atoms with Crippen LogP contribution < -0.4 is 20.5 Å². The van der Waals surface area contributed by atoms with E-state index >= 15 is 0 Å². The summed E-state index contributed by atoms with van der Waals surface area (Å²) >= 11 is 0. The number of anilines is 2. The Balaban J connectivity index is 0.00000300. The molecule has 1 saturated heterocycles. The van der Waals surface area contributed by atoms with Crippen molar-refractivity contribution in [3.63, 3.8) is 0 Å². The zero-order valence-electron chi connectivity index (χ0n) is 16.9. The lowest BCUT2D eigenvalue weighted by Crippen LogP contribution is -2.37. The Hall–Kier alpha value is -2.52. The largest absolute Gasteiger partial charge is 0.493 e. The maximum absolute atomic E-state index is 12.2. The Morgan fingerprint density at radius 1 is 1.31 bits per heavy atom. The number of fused-ring (bicyclic) bond motifs is 1.